The van der Waals surface area contributed by atoms with Crippen LogP contribution in [0.2, 0.25) is 0 Å². The Morgan fingerprint density at radius 2 is 0.750 bits per heavy atom. The molecule has 0 heterocycles. The average molecular weight is 179 g/mol. The van der Waals surface area contributed by atoms with Gasteiger partial charge in [0.2, 0.25) is 0 Å². The van der Waals surface area contributed by atoms with Crippen LogP contribution in [0, 0.1) is 0 Å². The Hall–Kier alpha value is 2.52. The van der Waals surface area contributed by atoms with Crippen LogP contribution in [0.1, 0.15) is 0 Å². The molecule has 0 saturated carbocycles. The third-order valence-corrected chi connectivity index (χ3v) is 0. The van der Waals surface area contributed by atoms with Crippen LogP contribution >= 0.6 is 0 Å². The van der Waals surface area contributed by atoms with E-state index in [2.05, 4.69) is 0 Å². The minimum atomic E-state index is -2.17. The van der Waals surface area contributed by atoms with Crippen molar-refractivity contribution >= 4 is 7.32 Å². The van der Waals surface area contributed by atoms with E-state index in [-0.39, 0.29) is 83.9 Å². The molecular formula is H3BCl2Na2O3. The Balaban J connectivity index is -0.00000000750. The van der Waals surface area contributed by atoms with Gasteiger partial charge >= 0.3 is 66.4 Å². The van der Waals surface area contributed by atoms with Crippen molar-refractivity contribution in [2.45, 2.75) is 0 Å². The Bertz CT molecular complexity index is 20.0. The van der Waals surface area contributed by atoms with Gasteiger partial charge in [0.05, 0.1) is 0 Å². The van der Waals surface area contributed by atoms with Crippen molar-refractivity contribution in [3.05, 3.63) is 0 Å². The number of halogens is 2. The zero-order valence-electron chi connectivity index (χ0n) is 4.67. The van der Waals surface area contributed by atoms with Gasteiger partial charge in [0.15, 0.2) is 0 Å². The quantitative estimate of drug-likeness (QED) is 0.323. The van der Waals surface area contributed by atoms with Gasteiger partial charge in [-0.05, 0) is 0 Å². The summed E-state index contributed by atoms with van der Waals surface area (Å²) in [6, 6.07) is 0. The van der Waals surface area contributed by atoms with E-state index in [0.29, 0.717) is 0 Å². The minimum absolute atomic E-state index is 0. The molecule has 3 N–H and O–H groups in total. The minimum Gasteiger partial charge on any atom is -1.00 e. The zero-order chi connectivity index (χ0) is 3.58. The third-order valence-electron chi connectivity index (χ3n) is 0. The largest absolute Gasteiger partial charge is 1.00 e. The molecule has 0 atom stereocenters. The molecule has 0 unspecified atom stereocenters. The summed E-state index contributed by atoms with van der Waals surface area (Å²) < 4.78 is 0. The van der Waals surface area contributed by atoms with E-state index in [1.165, 1.54) is 0 Å². The van der Waals surface area contributed by atoms with E-state index in [0.717, 1.165) is 0 Å². The van der Waals surface area contributed by atoms with Gasteiger partial charge in [0.25, 0.3) is 0 Å². The molecule has 8 heteroatoms. The van der Waals surface area contributed by atoms with E-state index in [1.807, 2.05) is 0 Å². The normalized spacial score (nSPS) is 3.38. The molecule has 0 aromatic rings. The van der Waals surface area contributed by atoms with Gasteiger partial charge in [0.1, 0.15) is 0 Å². The number of hydrogen-bond donors (Lipinski definition) is 3. The molecule has 0 aliphatic rings. The molecule has 0 aromatic heterocycles. The van der Waals surface area contributed by atoms with Gasteiger partial charge in [-0.3, -0.25) is 0 Å². The Morgan fingerprint density at radius 3 is 0.750 bits per heavy atom. The fourth-order valence-electron chi connectivity index (χ4n) is 0. The second-order valence-corrected chi connectivity index (χ2v) is 0.346. The predicted molar refractivity (Wildman–Crippen MR) is 12.4 cm³/mol. The van der Waals surface area contributed by atoms with Gasteiger partial charge in [-0.2, -0.15) is 0 Å². The summed E-state index contributed by atoms with van der Waals surface area (Å²) in [5.41, 5.74) is 0. The van der Waals surface area contributed by atoms with Crippen LogP contribution in [0.4, 0.5) is 0 Å². The summed E-state index contributed by atoms with van der Waals surface area (Å²) in [6.45, 7) is 0. The molecule has 0 fully saturated rings. The SMILES string of the molecule is OB(O)O.[Cl-].[Cl-].[Na+].[Na+]. The third kappa shape index (κ3) is 75.7. The molecule has 40 valence electrons. The van der Waals surface area contributed by atoms with E-state index in [4.69, 9.17) is 15.1 Å². The predicted octanol–water partition coefficient (Wildman–Crippen LogP) is -14.0. The van der Waals surface area contributed by atoms with Crippen LogP contribution < -0.4 is 83.9 Å². The van der Waals surface area contributed by atoms with E-state index in [9.17, 15) is 0 Å². The topological polar surface area (TPSA) is 60.7 Å². The van der Waals surface area contributed by atoms with Crippen molar-refractivity contribution < 1.29 is 99.0 Å². The zero-order valence-corrected chi connectivity index (χ0v) is 10.2. The second kappa shape index (κ2) is 22.7. The number of hydrogen-bond acceptors (Lipinski definition) is 3. The van der Waals surface area contributed by atoms with Crippen molar-refractivity contribution in [2.24, 2.45) is 0 Å². The van der Waals surface area contributed by atoms with E-state index < -0.39 is 7.32 Å². The average Bonchev–Trinajstić information content (AvgIpc) is 0.811. The summed E-state index contributed by atoms with van der Waals surface area (Å²) in [5.74, 6) is 0. The van der Waals surface area contributed by atoms with E-state index in [1.54, 1.807) is 0 Å². The molecule has 0 rings (SSSR count). The summed E-state index contributed by atoms with van der Waals surface area (Å²) in [6.07, 6.45) is 0. The second-order valence-electron chi connectivity index (χ2n) is 0.346. The molecule has 8 heavy (non-hydrogen) atoms. The first kappa shape index (κ1) is 31.3. The van der Waals surface area contributed by atoms with Crippen LogP contribution in [0.5, 0.6) is 0 Å². The molecule has 0 radical (unpaired) electrons. The molecule has 0 bridgehead atoms. The van der Waals surface area contributed by atoms with Crippen LogP contribution in [0.3, 0.4) is 0 Å². The van der Waals surface area contributed by atoms with Crippen LogP contribution in [0.25, 0.3) is 0 Å². The van der Waals surface area contributed by atoms with Crippen molar-refractivity contribution in [3.63, 3.8) is 0 Å². The maximum Gasteiger partial charge on any atom is 1.00 e. The van der Waals surface area contributed by atoms with Crippen LogP contribution in [0.15, 0.2) is 0 Å². The van der Waals surface area contributed by atoms with Crippen molar-refractivity contribution in [1.82, 2.24) is 0 Å². The molecule has 0 spiro atoms. The van der Waals surface area contributed by atoms with Gasteiger partial charge in [-0.15, -0.1) is 0 Å². The Labute approximate surface area is 105 Å². The fraction of sp³-hybridized carbons (Fsp3) is 0. The number of rotatable bonds is 0. The first-order chi connectivity index (χ1) is 1.73. The van der Waals surface area contributed by atoms with Crippen LogP contribution in [-0.4, -0.2) is 22.4 Å². The molecule has 0 saturated heterocycles. The molecule has 0 amide bonds. The van der Waals surface area contributed by atoms with E-state index >= 15 is 0 Å². The summed E-state index contributed by atoms with van der Waals surface area (Å²) in [7, 11) is -2.17. The fourth-order valence-corrected chi connectivity index (χ4v) is 0. The van der Waals surface area contributed by atoms with Gasteiger partial charge < -0.3 is 39.9 Å². The van der Waals surface area contributed by atoms with Crippen molar-refractivity contribution in [1.29, 1.82) is 0 Å². The van der Waals surface area contributed by atoms with Crippen molar-refractivity contribution in [2.75, 3.05) is 0 Å². The summed E-state index contributed by atoms with van der Waals surface area (Å²) in [4.78, 5) is 0. The smallest absolute Gasteiger partial charge is 1.00 e. The summed E-state index contributed by atoms with van der Waals surface area (Å²) in [5, 5.41) is 21.5. The first-order valence-corrected chi connectivity index (χ1v) is 0.775. The molecule has 3 nitrogen and oxygen atoms in total. The van der Waals surface area contributed by atoms with Gasteiger partial charge in [0, 0.05) is 0 Å². The summed E-state index contributed by atoms with van der Waals surface area (Å²) >= 11 is 0. The van der Waals surface area contributed by atoms with Crippen molar-refractivity contribution in [3.8, 4) is 0 Å². The maximum absolute atomic E-state index is 7.17. The standard InChI is InChI=1S/BH3O3.2ClH.2Na/c2-1(3)4;;;;/h2-4H;2*1H;;/q;;;2*+1/p-2. The Kier molecular flexibility index (Phi) is 88.7. The monoisotopic (exact) mass is 178 g/mol. The van der Waals surface area contributed by atoms with Gasteiger partial charge in [-0.1, -0.05) is 0 Å². The maximum atomic E-state index is 7.17. The molecule has 0 aliphatic carbocycles. The Morgan fingerprint density at radius 1 is 0.750 bits per heavy atom. The molecular weight excluding hydrogens is 176 g/mol. The molecule has 0 aliphatic heterocycles. The van der Waals surface area contributed by atoms with Crippen LogP contribution in [-0.2, 0) is 0 Å². The van der Waals surface area contributed by atoms with Gasteiger partial charge in [-0.25, -0.2) is 0 Å². The first-order valence-electron chi connectivity index (χ1n) is 0.775. The molecule has 0 aromatic carbocycles.